The first kappa shape index (κ1) is 12.9. The first-order chi connectivity index (χ1) is 8.15. The van der Waals surface area contributed by atoms with E-state index < -0.39 is 0 Å². The van der Waals surface area contributed by atoms with Crippen LogP contribution in [0.1, 0.15) is 52.4 Å². The van der Waals surface area contributed by atoms with Crippen LogP contribution in [0.5, 0.6) is 0 Å². The SMILES string of the molecule is CC1CC(C)CC(NC2CCCCNC2=O)C1. The summed E-state index contributed by atoms with van der Waals surface area (Å²) in [4.78, 5) is 11.9. The molecule has 0 bridgehead atoms. The highest BCUT2D eigenvalue weighted by molar-refractivity contribution is 5.81. The molecule has 0 aromatic rings. The highest BCUT2D eigenvalue weighted by Gasteiger charge is 2.28. The fourth-order valence-electron chi connectivity index (χ4n) is 3.47. The number of hydrogen-bond acceptors (Lipinski definition) is 2. The molecule has 1 heterocycles. The number of hydrogen-bond donors (Lipinski definition) is 2. The van der Waals surface area contributed by atoms with Gasteiger partial charge in [0.2, 0.25) is 5.91 Å². The van der Waals surface area contributed by atoms with Crippen LogP contribution in [0.25, 0.3) is 0 Å². The van der Waals surface area contributed by atoms with Gasteiger partial charge in [-0.25, -0.2) is 0 Å². The van der Waals surface area contributed by atoms with E-state index in [2.05, 4.69) is 24.5 Å². The molecular weight excluding hydrogens is 212 g/mol. The summed E-state index contributed by atoms with van der Waals surface area (Å²) < 4.78 is 0. The van der Waals surface area contributed by atoms with Gasteiger partial charge < -0.3 is 10.6 Å². The summed E-state index contributed by atoms with van der Waals surface area (Å²) in [6, 6.07) is 0.600. The van der Waals surface area contributed by atoms with Gasteiger partial charge in [-0.15, -0.1) is 0 Å². The number of carbonyl (C=O) groups excluding carboxylic acids is 1. The molecule has 1 aliphatic heterocycles. The molecule has 3 unspecified atom stereocenters. The molecular formula is C14H26N2O. The van der Waals surface area contributed by atoms with E-state index in [1.165, 1.54) is 19.3 Å². The topological polar surface area (TPSA) is 41.1 Å². The third kappa shape index (κ3) is 3.70. The lowest BCUT2D eigenvalue weighted by molar-refractivity contribution is -0.123. The molecule has 2 rings (SSSR count). The van der Waals surface area contributed by atoms with Gasteiger partial charge in [0.25, 0.3) is 0 Å². The Balaban J connectivity index is 1.88. The molecule has 3 nitrogen and oxygen atoms in total. The van der Waals surface area contributed by atoms with E-state index in [0.717, 1.165) is 37.6 Å². The molecule has 3 heteroatoms. The zero-order chi connectivity index (χ0) is 12.3. The van der Waals surface area contributed by atoms with Crippen molar-refractivity contribution in [2.24, 2.45) is 11.8 Å². The Morgan fingerprint density at radius 3 is 2.53 bits per heavy atom. The van der Waals surface area contributed by atoms with Gasteiger partial charge in [0.05, 0.1) is 6.04 Å². The Hall–Kier alpha value is -0.570. The largest absolute Gasteiger partial charge is 0.355 e. The number of rotatable bonds is 2. The van der Waals surface area contributed by atoms with Crippen molar-refractivity contribution in [3.63, 3.8) is 0 Å². The first-order valence-electron chi connectivity index (χ1n) is 7.19. The van der Waals surface area contributed by atoms with Gasteiger partial charge in [-0.2, -0.15) is 0 Å². The third-order valence-corrected chi connectivity index (χ3v) is 4.15. The molecule has 0 aromatic carbocycles. The van der Waals surface area contributed by atoms with Crippen molar-refractivity contribution in [3.05, 3.63) is 0 Å². The minimum absolute atomic E-state index is 0.0556. The predicted molar refractivity (Wildman–Crippen MR) is 69.8 cm³/mol. The molecule has 1 aliphatic carbocycles. The molecule has 0 radical (unpaired) electrons. The quantitative estimate of drug-likeness (QED) is 0.773. The van der Waals surface area contributed by atoms with Crippen LogP contribution in [-0.4, -0.2) is 24.5 Å². The molecule has 2 fully saturated rings. The second-order valence-corrected chi connectivity index (χ2v) is 6.12. The summed E-state index contributed by atoms with van der Waals surface area (Å²) in [5, 5.41) is 6.60. The molecule has 3 atom stereocenters. The van der Waals surface area contributed by atoms with Crippen molar-refractivity contribution in [1.29, 1.82) is 0 Å². The second-order valence-electron chi connectivity index (χ2n) is 6.12. The predicted octanol–water partition coefficient (Wildman–Crippen LogP) is 2.07. The van der Waals surface area contributed by atoms with Gasteiger partial charge in [-0.05, 0) is 50.4 Å². The zero-order valence-electron chi connectivity index (χ0n) is 11.2. The second kappa shape index (κ2) is 5.85. The Bertz CT molecular complexity index is 257. The van der Waals surface area contributed by atoms with E-state index in [4.69, 9.17) is 0 Å². The van der Waals surface area contributed by atoms with Crippen LogP contribution in [-0.2, 0) is 4.79 Å². The van der Waals surface area contributed by atoms with Crippen LogP contribution < -0.4 is 10.6 Å². The lowest BCUT2D eigenvalue weighted by atomic mass is 9.80. The van der Waals surface area contributed by atoms with Crippen molar-refractivity contribution < 1.29 is 4.79 Å². The van der Waals surface area contributed by atoms with Crippen molar-refractivity contribution in [2.75, 3.05) is 6.54 Å². The zero-order valence-corrected chi connectivity index (χ0v) is 11.2. The smallest absolute Gasteiger partial charge is 0.237 e. The van der Waals surface area contributed by atoms with Gasteiger partial charge >= 0.3 is 0 Å². The average Bonchev–Trinajstić information content (AvgIpc) is 2.43. The van der Waals surface area contributed by atoms with Gasteiger partial charge in [0.15, 0.2) is 0 Å². The maximum absolute atomic E-state index is 11.9. The van der Waals surface area contributed by atoms with Crippen LogP contribution >= 0.6 is 0 Å². The van der Waals surface area contributed by atoms with Gasteiger partial charge in [0, 0.05) is 12.6 Å². The van der Waals surface area contributed by atoms with Crippen molar-refractivity contribution in [1.82, 2.24) is 10.6 Å². The van der Waals surface area contributed by atoms with Crippen LogP contribution in [0, 0.1) is 11.8 Å². The number of amides is 1. The summed E-state index contributed by atoms with van der Waals surface area (Å²) in [6.07, 6.45) is 7.10. The summed E-state index contributed by atoms with van der Waals surface area (Å²) in [5.74, 6) is 1.81. The summed E-state index contributed by atoms with van der Waals surface area (Å²) in [6.45, 7) is 5.52. The number of carbonyl (C=O) groups is 1. The van der Waals surface area contributed by atoms with Crippen LogP contribution in [0.2, 0.25) is 0 Å². The molecule has 2 N–H and O–H groups in total. The Kier molecular flexibility index (Phi) is 4.43. The van der Waals surface area contributed by atoms with E-state index in [1.54, 1.807) is 0 Å². The van der Waals surface area contributed by atoms with Gasteiger partial charge in [-0.1, -0.05) is 13.8 Å². The summed E-state index contributed by atoms with van der Waals surface area (Å²) in [7, 11) is 0. The Morgan fingerprint density at radius 1 is 1.12 bits per heavy atom. The first-order valence-corrected chi connectivity index (χ1v) is 7.19. The molecule has 0 spiro atoms. The van der Waals surface area contributed by atoms with E-state index in [-0.39, 0.29) is 11.9 Å². The monoisotopic (exact) mass is 238 g/mol. The fraction of sp³-hybridized carbons (Fsp3) is 0.929. The van der Waals surface area contributed by atoms with E-state index >= 15 is 0 Å². The summed E-state index contributed by atoms with van der Waals surface area (Å²) >= 11 is 0. The third-order valence-electron chi connectivity index (χ3n) is 4.15. The lowest BCUT2D eigenvalue weighted by Crippen LogP contribution is -2.49. The fourth-order valence-corrected chi connectivity index (χ4v) is 3.47. The van der Waals surface area contributed by atoms with Crippen LogP contribution in [0.15, 0.2) is 0 Å². The molecule has 1 saturated carbocycles. The standard InChI is InChI=1S/C14H26N2O/c1-10-7-11(2)9-12(8-10)16-13-5-3-4-6-15-14(13)17/h10-13,16H,3-9H2,1-2H3,(H,15,17). The average molecular weight is 238 g/mol. The minimum Gasteiger partial charge on any atom is -0.355 e. The minimum atomic E-state index is 0.0556. The molecule has 98 valence electrons. The van der Waals surface area contributed by atoms with Crippen molar-refractivity contribution >= 4 is 5.91 Å². The maximum Gasteiger partial charge on any atom is 0.237 e. The molecule has 17 heavy (non-hydrogen) atoms. The van der Waals surface area contributed by atoms with Crippen molar-refractivity contribution in [2.45, 2.75) is 64.5 Å². The van der Waals surface area contributed by atoms with E-state index in [9.17, 15) is 4.79 Å². The lowest BCUT2D eigenvalue weighted by Gasteiger charge is -2.34. The Labute approximate surface area is 105 Å². The van der Waals surface area contributed by atoms with Crippen LogP contribution in [0.4, 0.5) is 0 Å². The van der Waals surface area contributed by atoms with Gasteiger partial charge in [0.1, 0.15) is 0 Å². The summed E-state index contributed by atoms with van der Waals surface area (Å²) in [5.41, 5.74) is 0. The van der Waals surface area contributed by atoms with Crippen LogP contribution in [0.3, 0.4) is 0 Å². The Morgan fingerprint density at radius 2 is 1.82 bits per heavy atom. The van der Waals surface area contributed by atoms with Crippen molar-refractivity contribution in [3.8, 4) is 0 Å². The molecule has 1 saturated heterocycles. The normalized spacial score (nSPS) is 39.5. The van der Waals surface area contributed by atoms with Gasteiger partial charge in [-0.3, -0.25) is 4.79 Å². The van der Waals surface area contributed by atoms with E-state index in [1.807, 2.05) is 0 Å². The number of nitrogens with one attached hydrogen (secondary N) is 2. The highest BCUT2D eigenvalue weighted by atomic mass is 16.2. The molecule has 2 aliphatic rings. The maximum atomic E-state index is 11.9. The molecule has 0 aromatic heterocycles. The molecule has 1 amide bonds. The van der Waals surface area contributed by atoms with E-state index in [0.29, 0.717) is 6.04 Å². The highest BCUT2D eigenvalue weighted by Crippen LogP contribution is 2.29.